The van der Waals surface area contributed by atoms with E-state index in [9.17, 15) is 0 Å². The highest BCUT2D eigenvalue weighted by atomic mass is 79.9. The highest BCUT2D eigenvalue weighted by molar-refractivity contribution is 9.10. The highest BCUT2D eigenvalue weighted by Gasteiger charge is 2.18. The molecule has 1 unspecified atom stereocenters. The summed E-state index contributed by atoms with van der Waals surface area (Å²) in [5, 5.41) is 4.39. The van der Waals surface area contributed by atoms with Gasteiger partial charge in [-0.1, -0.05) is 0 Å². The average molecular weight is 324 g/mol. The number of aryl methyl sites for hydroxylation is 3. The molecule has 2 rings (SSSR count). The molecule has 0 aliphatic rings. The van der Waals surface area contributed by atoms with Crippen LogP contribution in [0.4, 0.5) is 0 Å². The number of hydrazine groups is 1. The standard InChI is InChI=1S/C13H18BrN5/c1-8-4-5-16-10(6-8)11(17-15)7-12-13(14)9(2)18-19(12)3/h4-6,11,17H,7,15H2,1-3H3. The molecule has 2 aromatic heterocycles. The van der Waals surface area contributed by atoms with Crippen molar-refractivity contribution in [1.82, 2.24) is 20.2 Å². The zero-order chi connectivity index (χ0) is 14.0. The van der Waals surface area contributed by atoms with Crippen LogP contribution in [-0.2, 0) is 13.5 Å². The van der Waals surface area contributed by atoms with Crippen molar-refractivity contribution < 1.29 is 0 Å². The summed E-state index contributed by atoms with van der Waals surface area (Å²) in [6, 6.07) is 3.98. The molecule has 0 aliphatic carbocycles. The van der Waals surface area contributed by atoms with E-state index in [1.54, 1.807) is 6.20 Å². The van der Waals surface area contributed by atoms with E-state index < -0.39 is 0 Å². The fraction of sp³-hybridized carbons (Fsp3) is 0.385. The van der Waals surface area contributed by atoms with Crippen LogP contribution in [0, 0.1) is 13.8 Å². The van der Waals surface area contributed by atoms with Crippen molar-refractivity contribution >= 4 is 15.9 Å². The van der Waals surface area contributed by atoms with Crippen LogP contribution in [0.1, 0.15) is 28.7 Å². The van der Waals surface area contributed by atoms with Gasteiger partial charge in [0.2, 0.25) is 0 Å². The Balaban J connectivity index is 2.29. The van der Waals surface area contributed by atoms with Crippen LogP contribution in [0.25, 0.3) is 0 Å². The highest BCUT2D eigenvalue weighted by Crippen LogP contribution is 2.25. The van der Waals surface area contributed by atoms with E-state index >= 15 is 0 Å². The molecule has 0 saturated heterocycles. The third kappa shape index (κ3) is 3.02. The van der Waals surface area contributed by atoms with Gasteiger partial charge >= 0.3 is 0 Å². The molecule has 0 bridgehead atoms. The molecule has 0 radical (unpaired) electrons. The van der Waals surface area contributed by atoms with E-state index in [2.05, 4.69) is 31.4 Å². The van der Waals surface area contributed by atoms with Gasteiger partial charge in [-0.15, -0.1) is 0 Å². The fourth-order valence-electron chi connectivity index (χ4n) is 2.09. The van der Waals surface area contributed by atoms with Crippen molar-refractivity contribution in [3.8, 4) is 0 Å². The van der Waals surface area contributed by atoms with Crippen molar-refractivity contribution in [2.45, 2.75) is 26.3 Å². The SMILES string of the molecule is Cc1ccnc(C(Cc2c(Br)c(C)nn2C)NN)c1. The van der Waals surface area contributed by atoms with Gasteiger partial charge in [-0.05, 0) is 47.5 Å². The van der Waals surface area contributed by atoms with Gasteiger partial charge in [0.15, 0.2) is 0 Å². The van der Waals surface area contributed by atoms with Crippen molar-refractivity contribution in [3.63, 3.8) is 0 Å². The lowest BCUT2D eigenvalue weighted by Gasteiger charge is -2.16. The summed E-state index contributed by atoms with van der Waals surface area (Å²) in [4.78, 5) is 4.39. The summed E-state index contributed by atoms with van der Waals surface area (Å²) in [6.45, 7) is 4.02. The lowest BCUT2D eigenvalue weighted by atomic mass is 10.1. The van der Waals surface area contributed by atoms with Gasteiger partial charge in [-0.3, -0.25) is 20.9 Å². The van der Waals surface area contributed by atoms with Crippen LogP contribution in [0.5, 0.6) is 0 Å². The quantitative estimate of drug-likeness (QED) is 0.666. The summed E-state index contributed by atoms with van der Waals surface area (Å²) in [5.41, 5.74) is 7.02. The normalized spacial score (nSPS) is 12.7. The second-order valence-corrected chi connectivity index (χ2v) is 5.44. The molecular weight excluding hydrogens is 306 g/mol. The first-order valence-corrected chi connectivity index (χ1v) is 6.89. The maximum absolute atomic E-state index is 5.67. The summed E-state index contributed by atoms with van der Waals surface area (Å²) in [7, 11) is 1.93. The molecule has 0 aliphatic heterocycles. The molecule has 2 aromatic rings. The Morgan fingerprint density at radius 1 is 1.47 bits per heavy atom. The Bertz CT molecular complexity index is 578. The van der Waals surface area contributed by atoms with E-state index in [0.717, 1.165) is 28.0 Å². The molecular formula is C13H18BrN5. The van der Waals surface area contributed by atoms with Crippen molar-refractivity contribution in [2.24, 2.45) is 12.9 Å². The predicted molar refractivity (Wildman–Crippen MR) is 78.4 cm³/mol. The lowest BCUT2D eigenvalue weighted by Crippen LogP contribution is -2.31. The zero-order valence-electron chi connectivity index (χ0n) is 11.3. The minimum absolute atomic E-state index is 0.0361. The number of nitrogens with one attached hydrogen (secondary N) is 1. The average Bonchev–Trinajstić information content (AvgIpc) is 2.61. The maximum atomic E-state index is 5.67. The molecule has 0 fully saturated rings. The minimum atomic E-state index is -0.0361. The Morgan fingerprint density at radius 2 is 2.21 bits per heavy atom. The Morgan fingerprint density at radius 3 is 2.74 bits per heavy atom. The number of halogens is 1. The van der Waals surface area contributed by atoms with Crippen LogP contribution in [0.2, 0.25) is 0 Å². The molecule has 6 heteroatoms. The van der Waals surface area contributed by atoms with Crippen LogP contribution >= 0.6 is 15.9 Å². The van der Waals surface area contributed by atoms with E-state index in [1.807, 2.05) is 37.7 Å². The van der Waals surface area contributed by atoms with Crippen LogP contribution < -0.4 is 11.3 Å². The molecule has 2 heterocycles. The molecule has 102 valence electrons. The molecule has 19 heavy (non-hydrogen) atoms. The first kappa shape index (κ1) is 14.2. The van der Waals surface area contributed by atoms with Crippen molar-refractivity contribution in [3.05, 3.63) is 45.4 Å². The van der Waals surface area contributed by atoms with E-state index in [1.165, 1.54) is 5.56 Å². The van der Waals surface area contributed by atoms with Gasteiger partial charge in [-0.2, -0.15) is 5.10 Å². The molecule has 0 aromatic carbocycles. The Labute approximate surface area is 121 Å². The summed E-state index contributed by atoms with van der Waals surface area (Å²) in [5.74, 6) is 5.67. The second-order valence-electron chi connectivity index (χ2n) is 4.65. The monoisotopic (exact) mass is 323 g/mol. The minimum Gasteiger partial charge on any atom is -0.271 e. The first-order chi connectivity index (χ1) is 9.02. The summed E-state index contributed by atoms with van der Waals surface area (Å²) in [6.07, 6.45) is 2.53. The Hall–Kier alpha value is -1.24. The van der Waals surface area contributed by atoms with Gasteiger partial charge in [0, 0.05) is 19.7 Å². The smallest absolute Gasteiger partial charge is 0.0738 e. The summed E-state index contributed by atoms with van der Waals surface area (Å²) >= 11 is 3.57. The maximum Gasteiger partial charge on any atom is 0.0738 e. The predicted octanol–water partition coefficient (Wildman–Crippen LogP) is 1.94. The van der Waals surface area contributed by atoms with Crippen molar-refractivity contribution in [2.75, 3.05) is 0 Å². The zero-order valence-corrected chi connectivity index (χ0v) is 12.9. The number of rotatable bonds is 4. The second kappa shape index (κ2) is 5.81. The third-order valence-electron chi connectivity index (χ3n) is 3.15. The van der Waals surface area contributed by atoms with Gasteiger partial charge in [0.25, 0.3) is 0 Å². The molecule has 0 spiro atoms. The molecule has 3 N–H and O–H groups in total. The van der Waals surface area contributed by atoms with Crippen molar-refractivity contribution in [1.29, 1.82) is 0 Å². The lowest BCUT2D eigenvalue weighted by molar-refractivity contribution is 0.517. The molecule has 0 saturated carbocycles. The van der Waals surface area contributed by atoms with Gasteiger partial charge in [-0.25, -0.2) is 0 Å². The molecule has 5 nitrogen and oxygen atoms in total. The van der Waals surface area contributed by atoms with Crippen LogP contribution in [0.3, 0.4) is 0 Å². The topological polar surface area (TPSA) is 68.8 Å². The molecule has 1 atom stereocenters. The van der Waals surface area contributed by atoms with Crippen LogP contribution in [0.15, 0.2) is 22.8 Å². The van der Waals surface area contributed by atoms with E-state index in [-0.39, 0.29) is 6.04 Å². The first-order valence-electron chi connectivity index (χ1n) is 6.09. The number of nitrogens with two attached hydrogens (primary N) is 1. The van der Waals surface area contributed by atoms with Gasteiger partial charge < -0.3 is 0 Å². The molecule has 0 amide bonds. The Kier molecular flexibility index (Phi) is 4.34. The fourth-order valence-corrected chi connectivity index (χ4v) is 2.59. The number of hydrogen-bond acceptors (Lipinski definition) is 4. The van der Waals surface area contributed by atoms with E-state index in [4.69, 9.17) is 5.84 Å². The van der Waals surface area contributed by atoms with Crippen LogP contribution in [-0.4, -0.2) is 14.8 Å². The number of nitrogens with zero attached hydrogens (tertiary/aromatic N) is 3. The third-order valence-corrected chi connectivity index (χ3v) is 4.19. The summed E-state index contributed by atoms with van der Waals surface area (Å²) < 4.78 is 2.91. The number of aromatic nitrogens is 3. The number of hydrogen-bond donors (Lipinski definition) is 2. The van der Waals surface area contributed by atoms with Gasteiger partial charge in [0.05, 0.1) is 27.6 Å². The van der Waals surface area contributed by atoms with Gasteiger partial charge in [0.1, 0.15) is 0 Å². The van der Waals surface area contributed by atoms with E-state index in [0.29, 0.717) is 0 Å². The number of pyridine rings is 1. The largest absolute Gasteiger partial charge is 0.271 e.